The average molecular weight is 1450 g/mol. The van der Waals surface area contributed by atoms with Crippen LogP contribution in [-0.4, -0.2) is 144 Å². The van der Waals surface area contributed by atoms with Gasteiger partial charge in [-0.05, 0) is 55.5 Å². The normalized spacial score (nSPS) is 21.7. The van der Waals surface area contributed by atoms with Crippen LogP contribution in [0.4, 0.5) is 0 Å². The molecule has 7 heterocycles. The van der Waals surface area contributed by atoms with Gasteiger partial charge in [-0.15, -0.1) is 5.10 Å². The number of phosphoric acid groups is 4. The standard InChI is InChI=1S/C66H68N8O22P4/c1-41-32-73(66(78)67-65(41)77)63-30-59(76)61(91-63)39-89-98(81,82)94-44(35-72-56-27-13-6-20-49(56)50-21-7-14-28-57(50)72)38-88-100(85,86)96-60-31-64(74-58-29-15-8-22-51(58)68-69-74)92-62(60)40-90-99(83,84)95-43(34-71-54-25-11-4-18-47(54)48-19-5-12-26-55(48)71)37-87-97(79,80)93-42(36-75)33-70-52-23-9-2-16-45(52)46-17-3-10-24-53(46)70/h2-29,32,42-44,59-64,75-76H,30-31,33-40H2,1H3,(H,79,80)(H,81,82)(H,83,84)(H,85,86)(H,67,77,78). The Morgan fingerprint density at radius 2 is 0.900 bits per heavy atom. The zero-order chi connectivity index (χ0) is 69.7. The number of rotatable bonds is 29. The number of hydrogen-bond donors (Lipinski definition) is 7. The highest BCUT2D eigenvalue weighted by molar-refractivity contribution is 7.48. The molecule has 0 amide bonds. The summed E-state index contributed by atoms with van der Waals surface area (Å²) in [4.78, 5) is 73.3. The molecule has 12 aromatic rings. The highest BCUT2D eigenvalue weighted by Crippen LogP contribution is 2.53. The minimum absolute atomic E-state index is 0.0823. The summed E-state index contributed by atoms with van der Waals surface area (Å²) in [5.74, 6) is 0. The Labute approximate surface area is 567 Å². The van der Waals surface area contributed by atoms with Crippen molar-refractivity contribution in [1.29, 1.82) is 0 Å². The van der Waals surface area contributed by atoms with Gasteiger partial charge < -0.3 is 53.0 Å². The molecule has 2 saturated heterocycles. The summed E-state index contributed by atoms with van der Waals surface area (Å²) < 4.78 is 123. The van der Waals surface area contributed by atoms with E-state index in [1.165, 1.54) is 17.8 Å². The molecule has 14 rings (SSSR count). The molecule has 0 spiro atoms. The molecule has 0 aliphatic carbocycles. The Kier molecular flexibility index (Phi) is 19.9. The van der Waals surface area contributed by atoms with Crippen molar-refractivity contribution in [1.82, 2.24) is 38.2 Å². The van der Waals surface area contributed by atoms with Crippen molar-refractivity contribution >= 4 is 108 Å². The molecule has 2 fully saturated rings. The topological polar surface area (TPSA) is 382 Å². The van der Waals surface area contributed by atoms with Crippen LogP contribution in [0.5, 0.6) is 0 Å². The average Bonchev–Trinajstić information content (AvgIpc) is 1.61. The van der Waals surface area contributed by atoms with Gasteiger partial charge in [0.15, 0.2) is 6.23 Å². The number of para-hydroxylation sites is 7. The molecule has 7 aromatic carbocycles. The Morgan fingerprint density at radius 1 is 0.510 bits per heavy atom. The van der Waals surface area contributed by atoms with Crippen molar-refractivity contribution in [2.75, 3.05) is 33.0 Å². The number of nitrogens with one attached hydrogen (secondary N) is 1. The lowest BCUT2D eigenvalue weighted by Crippen LogP contribution is -2.33. The van der Waals surface area contributed by atoms with E-state index in [0.29, 0.717) is 33.1 Å². The summed E-state index contributed by atoms with van der Waals surface area (Å²) in [6, 6.07) is 51.2. The molecule has 5 aromatic heterocycles. The number of H-pyrrole nitrogens is 1. The predicted octanol–water partition coefficient (Wildman–Crippen LogP) is 9.65. The number of aliphatic hydroxyl groups excluding tert-OH is 2. The molecule has 2 aliphatic heterocycles. The van der Waals surface area contributed by atoms with Crippen molar-refractivity contribution in [3.63, 3.8) is 0 Å². The number of aryl methyl sites for hydroxylation is 1. The van der Waals surface area contributed by atoms with Crippen LogP contribution in [0.15, 0.2) is 186 Å². The fourth-order valence-corrected chi connectivity index (χ4v) is 16.9. The van der Waals surface area contributed by atoms with Crippen LogP contribution in [-0.2, 0) is 83.6 Å². The first kappa shape index (κ1) is 69.4. The maximum Gasteiger partial charge on any atom is 0.472 e. The fourth-order valence-electron chi connectivity index (χ4n) is 13.2. The van der Waals surface area contributed by atoms with Gasteiger partial charge in [-0.1, -0.05) is 127 Å². The molecule has 2 aliphatic rings. The van der Waals surface area contributed by atoms with Crippen LogP contribution in [0.3, 0.4) is 0 Å². The third-order valence-corrected chi connectivity index (χ3v) is 21.8. The molecule has 524 valence electrons. The van der Waals surface area contributed by atoms with Crippen molar-refractivity contribution in [2.45, 2.75) is 94.6 Å². The zero-order valence-corrected chi connectivity index (χ0v) is 56.7. The van der Waals surface area contributed by atoms with E-state index in [9.17, 15) is 57.6 Å². The van der Waals surface area contributed by atoms with Gasteiger partial charge in [0.2, 0.25) is 0 Å². The van der Waals surface area contributed by atoms with Gasteiger partial charge in [-0.3, -0.25) is 50.5 Å². The predicted molar refractivity (Wildman–Crippen MR) is 365 cm³/mol. The molecule has 0 bridgehead atoms. The maximum absolute atomic E-state index is 14.6. The van der Waals surface area contributed by atoms with Gasteiger partial charge in [0.25, 0.3) is 5.56 Å². The van der Waals surface area contributed by atoms with E-state index in [1.54, 1.807) is 69.8 Å². The molecular formula is C66H68N8O22P4. The lowest BCUT2D eigenvalue weighted by Gasteiger charge is -2.26. The van der Waals surface area contributed by atoms with Gasteiger partial charge in [0.1, 0.15) is 48.4 Å². The van der Waals surface area contributed by atoms with Crippen molar-refractivity contribution in [2.24, 2.45) is 0 Å². The van der Waals surface area contributed by atoms with Crippen molar-refractivity contribution < 1.29 is 93.7 Å². The van der Waals surface area contributed by atoms with E-state index >= 15 is 0 Å². The van der Waals surface area contributed by atoms with Crippen LogP contribution in [0, 0.1) is 6.92 Å². The molecule has 100 heavy (non-hydrogen) atoms. The van der Waals surface area contributed by atoms with E-state index in [2.05, 4.69) is 15.3 Å². The lowest BCUT2D eigenvalue weighted by molar-refractivity contribution is -0.0536. The molecule has 0 saturated carbocycles. The monoisotopic (exact) mass is 1450 g/mol. The van der Waals surface area contributed by atoms with Gasteiger partial charge in [0, 0.05) is 90.0 Å². The summed E-state index contributed by atoms with van der Waals surface area (Å²) >= 11 is 0. The number of benzene rings is 7. The number of aromatic nitrogens is 8. The van der Waals surface area contributed by atoms with Gasteiger partial charge >= 0.3 is 37.0 Å². The van der Waals surface area contributed by atoms with E-state index < -0.39 is 131 Å². The number of nitrogens with zero attached hydrogens (tertiary/aromatic N) is 7. The summed E-state index contributed by atoms with van der Waals surface area (Å²) in [6.07, 6.45) is -11.6. The Morgan fingerprint density at radius 3 is 1.37 bits per heavy atom. The molecule has 30 nitrogen and oxygen atoms in total. The molecule has 0 radical (unpaired) electrons. The zero-order valence-electron chi connectivity index (χ0n) is 53.1. The first-order valence-corrected chi connectivity index (χ1v) is 37.8. The minimum Gasteiger partial charge on any atom is -0.394 e. The quantitative estimate of drug-likeness (QED) is 0.0214. The third kappa shape index (κ3) is 14.8. The molecule has 13 unspecified atom stereocenters. The van der Waals surface area contributed by atoms with E-state index in [-0.39, 0.29) is 38.0 Å². The fraction of sp³-hybridized carbons (Fsp3) is 0.303. The highest BCUT2D eigenvalue weighted by atomic mass is 31.2. The first-order valence-electron chi connectivity index (χ1n) is 31.8. The number of aliphatic hydroxyl groups is 2. The number of phosphoric ester groups is 4. The lowest BCUT2D eigenvalue weighted by atomic mass is 10.2. The highest BCUT2D eigenvalue weighted by Gasteiger charge is 2.46. The number of fused-ring (bicyclic) bond motifs is 10. The number of hydrogen-bond acceptors (Lipinski definition) is 20. The van der Waals surface area contributed by atoms with E-state index in [4.69, 9.17) is 45.7 Å². The largest absolute Gasteiger partial charge is 0.472 e. The van der Waals surface area contributed by atoms with Crippen molar-refractivity contribution in [3.8, 4) is 0 Å². The van der Waals surface area contributed by atoms with Gasteiger partial charge in [-0.2, -0.15) is 0 Å². The minimum atomic E-state index is -5.41. The number of aromatic amines is 1. The summed E-state index contributed by atoms with van der Waals surface area (Å²) in [6.45, 7) is -3.36. The summed E-state index contributed by atoms with van der Waals surface area (Å²) in [5.41, 5.74) is 3.84. The molecular weight excluding hydrogens is 1380 g/mol. The third-order valence-electron chi connectivity index (χ3n) is 17.7. The smallest absolute Gasteiger partial charge is 0.394 e. The number of ether oxygens (including phenoxy) is 2. The summed E-state index contributed by atoms with van der Waals surface area (Å²) in [7, 11) is -21.2. The van der Waals surface area contributed by atoms with Crippen LogP contribution in [0.2, 0.25) is 0 Å². The SMILES string of the molecule is Cc1cn(C2CC(O)C(COP(=O)(O)OC(COP(=O)(O)OC3CC(n4nnc5ccccc54)OC3COP(=O)(O)OC(COP(=O)(O)OC(CO)Cn3c4ccccc4c4ccccc43)Cn3c4ccccc4c4ccccc43)Cn3c4ccccc4c4ccccc43)O2)c(=O)[nH]c1=O. The Balaban J connectivity index is 0.704. The first-order chi connectivity index (χ1) is 48.1. The Bertz CT molecular complexity index is 5190. The second-order valence-electron chi connectivity index (χ2n) is 24.3. The second-order valence-corrected chi connectivity index (χ2v) is 29.9. The Hall–Kier alpha value is -7.70. The van der Waals surface area contributed by atoms with Crippen LogP contribution >= 0.6 is 31.3 Å². The van der Waals surface area contributed by atoms with E-state index in [0.717, 1.165) is 47.9 Å². The van der Waals surface area contributed by atoms with Crippen molar-refractivity contribution in [3.05, 3.63) is 202 Å². The van der Waals surface area contributed by atoms with Crippen LogP contribution in [0.25, 0.3) is 76.5 Å². The molecule has 34 heteroatoms. The van der Waals surface area contributed by atoms with Crippen LogP contribution < -0.4 is 11.2 Å². The second kappa shape index (κ2) is 28.6. The van der Waals surface area contributed by atoms with Gasteiger partial charge in [-0.25, -0.2) is 27.7 Å². The van der Waals surface area contributed by atoms with E-state index in [1.807, 2.05) is 114 Å². The maximum atomic E-state index is 14.6. The summed E-state index contributed by atoms with van der Waals surface area (Å²) in [5, 5.41) is 35.1. The molecule has 13 atom stereocenters. The van der Waals surface area contributed by atoms with Crippen LogP contribution in [0.1, 0.15) is 30.9 Å². The molecule has 7 N–H and O–H groups in total. The van der Waals surface area contributed by atoms with Gasteiger partial charge in [0.05, 0.1) is 64.3 Å².